The van der Waals surface area contributed by atoms with Gasteiger partial charge in [-0.05, 0) is 35.4 Å². The van der Waals surface area contributed by atoms with Gasteiger partial charge in [-0.3, -0.25) is 0 Å². The maximum atomic E-state index is 12.9. The van der Waals surface area contributed by atoms with Crippen molar-refractivity contribution in [3.05, 3.63) is 34.1 Å². The third kappa shape index (κ3) is 1.48. The van der Waals surface area contributed by atoms with Crippen molar-refractivity contribution in [2.75, 3.05) is 6.61 Å². The van der Waals surface area contributed by atoms with Gasteiger partial charge < -0.3 is 5.11 Å². The van der Waals surface area contributed by atoms with Gasteiger partial charge >= 0.3 is 0 Å². The SMILES string of the molecule is CC1(c2ccc(F)cc2Br)CC1CO. The van der Waals surface area contributed by atoms with Crippen LogP contribution < -0.4 is 0 Å². The Morgan fingerprint density at radius 2 is 2.36 bits per heavy atom. The van der Waals surface area contributed by atoms with Crippen LogP contribution in [0.4, 0.5) is 4.39 Å². The lowest BCUT2D eigenvalue weighted by Crippen LogP contribution is -2.07. The van der Waals surface area contributed by atoms with Gasteiger partial charge in [-0.15, -0.1) is 0 Å². The van der Waals surface area contributed by atoms with Gasteiger partial charge in [0.2, 0.25) is 0 Å². The van der Waals surface area contributed by atoms with Gasteiger partial charge in [-0.25, -0.2) is 4.39 Å². The summed E-state index contributed by atoms with van der Waals surface area (Å²) in [6.07, 6.45) is 0.980. The lowest BCUT2D eigenvalue weighted by atomic mass is 9.96. The molecule has 0 spiro atoms. The number of rotatable bonds is 2. The lowest BCUT2D eigenvalue weighted by molar-refractivity contribution is 0.265. The molecule has 2 rings (SSSR count). The van der Waals surface area contributed by atoms with E-state index in [2.05, 4.69) is 22.9 Å². The minimum absolute atomic E-state index is 0.0291. The van der Waals surface area contributed by atoms with E-state index in [-0.39, 0.29) is 17.8 Å². The number of hydrogen-bond donors (Lipinski definition) is 1. The maximum absolute atomic E-state index is 12.9. The van der Waals surface area contributed by atoms with Gasteiger partial charge in [-0.2, -0.15) is 0 Å². The van der Waals surface area contributed by atoms with Crippen LogP contribution in [0.3, 0.4) is 0 Å². The Hall–Kier alpha value is -0.410. The van der Waals surface area contributed by atoms with Crippen LogP contribution in [0.1, 0.15) is 18.9 Å². The first kappa shape index (κ1) is 10.1. The van der Waals surface area contributed by atoms with E-state index in [9.17, 15) is 4.39 Å². The number of hydrogen-bond acceptors (Lipinski definition) is 1. The van der Waals surface area contributed by atoms with Crippen molar-refractivity contribution in [1.29, 1.82) is 0 Å². The molecule has 1 aliphatic carbocycles. The van der Waals surface area contributed by atoms with E-state index >= 15 is 0 Å². The summed E-state index contributed by atoms with van der Waals surface area (Å²) in [4.78, 5) is 0. The first-order chi connectivity index (χ1) is 6.58. The molecule has 14 heavy (non-hydrogen) atoms. The molecular weight excluding hydrogens is 247 g/mol. The van der Waals surface area contributed by atoms with E-state index in [1.807, 2.05) is 0 Å². The maximum Gasteiger partial charge on any atom is 0.124 e. The Balaban J connectivity index is 2.34. The zero-order valence-electron chi connectivity index (χ0n) is 7.93. The Labute approximate surface area is 91.1 Å². The van der Waals surface area contributed by atoms with Crippen LogP contribution in [0, 0.1) is 11.7 Å². The van der Waals surface area contributed by atoms with Crippen LogP contribution in [0.15, 0.2) is 22.7 Å². The second-order valence-electron chi connectivity index (χ2n) is 4.13. The molecule has 2 unspecified atom stereocenters. The van der Waals surface area contributed by atoms with Crippen LogP contribution in [-0.4, -0.2) is 11.7 Å². The highest BCUT2D eigenvalue weighted by molar-refractivity contribution is 9.10. The lowest BCUT2D eigenvalue weighted by Gasteiger charge is -2.13. The van der Waals surface area contributed by atoms with Crippen LogP contribution in [0.2, 0.25) is 0 Å². The highest BCUT2D eigenvalue weighted by Crippen LogP contribution is 2.55. The second-order valence-corrected chi connectivity index (χ2v) is 4.98. The van der Waals surface area contributed by atoms with Crippen molar-refractivity contribution in [1.82, 2.24) is 0 Å². The fourth-order valence-corrected chi connectivity index (χ4v) is 2.81. The number of benzene rings is 1. The predicted molar refractivity (Wildman–Crippen MR) is 56.6 cm³/mol. The highest BCUT2D eigenvalue weighted by atomic mass is 79.9. The molecule has 1 fully saturated rings. The average Bonchev–Trinajstić information content (AvgIpc) is 2.77. The fourth-order valence-electron chi connectivity index (χ4n) is 2.00. The van der Waals surface area contributed by atoms with E-state index in [4.69, 9.17) is 5.11 Å². The molecule has 0 aliphatic heterocycles. The minimum atomic E-state index is -0.231. The van der Waals surface area contributed by atoms with Crippen molar-refractivity contribution in [2.45, 2.75) is 18.8 Å². The molecular formula is C11H12BrFO. The molecule has 0 aromatic heterocycles. The topological polar surface area (TPSA) is 20.2 Å². The summed E-state index contributed by atoms with van der Waals surface area (Å²) >= 11 is 3.36. The quantitative estimate of drug-likeness (QED) is 0.865. The number of halogens is 2. The third-order valence-corrected chi connectivity index (χ3v) is 3.83. The summed E-state index contributed by atoms with van der Waals surface area (Å²) in [7, 11) is 0. The summed E-state index contributed by atoms with van der Waals surface area (Å²) in [5.41, 5.74) is 1.12. The number of aliphatic hydroxyl groups is 1. The molecule has 0 heterocycles. The summed E-state index contributed by atoms with van der Waals surface area (Å²) in [5.74, 6) is 0.0923. The summed E-state index contributed by atoms with van der Waals surface area (Å²) in [6.45, 7) is 2.31. The molecule has 0 bridgehead atoms. The molecule has 0 amide bonds. The fraction of sp³-hybridized carbons (Fsp3) is 0.455. The largest absolute Gasteiger partial charge is 0.396 e. The van der Waals surface area contributed by atoms with E-state index in [1.165, 1.54) is 12.1 Å². The van der Waals surface area contributed by atoms with Crippen LogP contribution in [-0.2, 0) is 5.41 Å². The Kier molecular flexibility index (Phi) is 2.40. The summed E-state index contributed by atoms with van der Waals surface area (Å²) in [6, 6.07) is 4.75. The molecule has 0 saturated heterocycles. The summed E-state index contributed by atoms with van der Waals surface area (Å²) < 4.78 is 13.7. The molecule has 1 nitrogen and oxygen atoms in total. The number of aliphatic hydroxyl groups excluding tert-OH is 1. The van der Waals surface area contributed by atoms with Crippen molar-refractivity contribution in [3.8, 4) is 0 Å². The third-order valence-electron chi connectivity index (χ3n) is 3.18. The van der Waals surface area contributed by atoms with E-state index in [1.54, 1.807) is 6.07 Å². The zero-order valence-corrected chi connectivity index (χ0v) is 9.51. The molecule has 1 aromatic carbocycles. The Bertz CT molecular complexity index is 366. The molecule has 2 atom stereocenters. The van der Waals surface area contributed by atoms with Gasteiger partial charge in [0.05, 0.1) is 0 Å². The minimum Gasteiger partial charge on any atom is -0.396 e. The van der Waals surface area contributed by atoms with Crippen molar-refractivity contribution >= 4 is 15.9 Å². The van der Waals surface area contributed by atoms with Crippen molar-refractivity contribution in [3.63, 3.8) is 0 Å². The van der Waals surface area contributed by atoms with Gasteiger partial charge in [0, 0.05) is 11.1 Å². The Morgan fingerprint density at radius 1 is 1.64 bits per heavy atom. The van der Waals surface area contributed by atoms with E-state index < -0.39 is 0 Å². The van der Waals surface area contributed by atoms with Gasteiger partial charge in [-0.1, -0.05) is 28.9 Å². The van der Waals surface area contributed by atoms with Crippen LogP contribution in [0.5, 0.6) is 0 Å². The monoisotopic (exact) mass is 258 g/mol. The van der Waals surface area contributed by atoms with Crippen LogP contribution in [0.25, 0.3) is 0 Å². The van der Waals surface area contributed by atoms with Crippen molar-refractivity contribution < 1.29 is 9.50 Å². The molecule has 0 radical (unpaired) electrons. The van der Waals surface area contributed by atoms with Crippen molar-refractivity contribution in [2.24, 2.45) is 5.92 Å². The molecule has 1 aromatic rings. The molecule has 76 valence electrons. The van der Waals surface area contributed by atoms with E-state index in [0.29, 0.717) is 5.92 Å². The first-order valence-corrected chi connectivity index (χ1v) is 5.43. The summed E-state index contributed by atoms with van der Waals surface area (Å²) in [5, 5.41) is 9.06. The van der Waals surface area contributed by atoms with Gasteiger partial charge in [0.15, 0.2) is 0 Å². The zero-order chi connectivity index (χ0) is 10.3. The van der Waals surface area contributed by atoms with E-state index in [0.717, 1.165) is 16.5 Å². The highest BCUT2D eigenvalue weighted by Gasteiger charge is 2.51. The second kappa shape index (κ2) is 3.31. The molecule has 1 N–H and O–H groups in total. The standard InChI is InChI=1S/C11H12BrFO/c1-11(5-7(11)6-14)9-3-2-8(13)4-10(9)12/h2-4,7,14H,5-6H2,1H3. The first-order valence-electron chi connectivity index (χ1n) is 4.64. The predicted octanol–water partition coefficient (Wildman–Crippen LogP) is 2.86. The van der Waals surface area contributed by atoms with Gasteiger partial charge in [0.25, 0.3) is 0 Å². The average molecular weight is 259 g/mol. The smallest absolute Gasteiger partial charge is 0.124 e. The van der Waals surface area contributed by atoms with Gasteiger partial charge in [0.1, 0.15) is 5.82 Å². The molecule has 1 aliphatic rings. The molecule has 3 heteroatoms. The van der Waals surface area contributed by atoms with Crippen LogP contribution >= 0.6 is 15.9 Å². The molecule has 1 saturated carbocycles. The Morgan fingerprint density at radius 3 is 2.86 bits per heavy atom. The normalized spacial score (nSPS) is 30.4.